The van der Waals surface area contributed by atoms with Gasteiger partial charge in [-0.1, -0.05) is 0 Å². The van der Waals surface area contributed by atoms with Crippen LogP contribution in [0.3, 0.4) is 0 Å². The Morgan fingerprint density at radius 1 is 1.43 bits per heavy atom. The predicted molar refractivity (Wildman–Crippen MR) is 83.6 cm³/mol. The zero-order valence-electron chi connectivity index (χ0n) is 13.3. The molecular formula is C15H20N4O4. The van der Waals surface area contributed by atoms with Gasteiger partial charge in [0.05, 0.1) is 12.0 Å². The molecule has 8 nitrogen and oxygen atoms in total. The fourth-order valence-corrected chi connectivity index (χ4v) is 2.96. The molecule has 0 N–H and O–H groups in total. The van der Waals surface area contributed by atoms with Crippen molar-refractivity contribution in [1.29, 1.82) is 0 Å². The number of anilines is 1. The number of likely N-dealkylation sites (tertiary alicyclic amines) is 1. The number of nitrogens with zero attached hydrogens (tertiary/aromatic N) is 4. The highest BCUT2D eigenvalue weighted by molar-refractivity contribution is 5.81. The van der Waals surface area contributed by atoms with Crippen LogP contribution in [-0.2, 0) is 4.79 Å². The highest BCUT2D eigenvalue weighted by atomic mass is 16.6. The van der Waals surface area contributed by atoms with E-state index in [2.05, 4.69) is 4.98 Å². The molecule has 1 saturated heterocycles. The average molecular weight is 320 g/mol. The molecule has 1 saturated carbocycles. The number of methoxy groups -OCH3 is 1. The lowest BCUT2D eigenvalue weighted by atomic mass is 10.2. The van der Waals surface area contributed by atoms with Crippen LogP contribution in [0.2, 0.25) is 0 Å². The summed E-state index contributed by atoms with van der Waals surface area (Å²) in [6.45, 7) is 1.28. The van der Waals surface area contributed by atoms with Gasteiger partial charge in [-0.05, 0) is 19.3 Å². The molecule has 0 bridgehead atoms. The fraction of sp³-hybridized carbons (Fsp3) is 0.600. The molecule has 0 aromatic carbocycles. The van der Waals surface area contributed by atoms with E-state index in [-0.39, 0.29) is 29.4 Å². The first-order chi connectivity index (χ1) is 11.0. The van der Waals surface area contributed by atoms with Gasteiger partial charge in [0, 0.05) is 44.2 Å². The Hall–Kier alpha value is -2.38. The number of hydrogen-bond acceptors (Lipinski definition) is 6. The normalized spacial score (nSPS) is 20.4. The van der Waals surface area contributed by atoms with Gasteiger partial charge in [-0.15, -0.1) is 0 Å². The minimum Gasteiger partial charge on any atom is -0.481 e. The number of ether oxygens (including phenoxy) is 1. The van der Waals surface area contributed by atoms with Crippen LogP contribution in [0.15, 0.2) is 12.1 Å². The summed E-state index contributed by atoms with van der Waals surface area (Å²) in [7, 11) is 3.26. The quantitative estimate of drug-likeness (QED) is 0.602. The van der Waals surface area contributed by atoms with Crippen molar-refractivity contribution in [3.8, 4) is 5.88 Å². The van der Waals surface area contributed by atoms with Gasteiger partial charge in [0.2, 0.25) is 17.6 Å². The Bertz CT molecular complexity index is 632. The molecular weight excluding hydrogens is 300 g/mol. The van der Waals surface area contributed by atoms with Gasteiger partial charge in [-0.2, -0.15) is 4.98 Å². The van der Waals surface area contributed by atoms with Crippen LogP contribution in [0.5, 0.6) is 5.88 Å². The molecule has 1 unspecified atom stereocenters. The minimum atomic E-state index is -0.444. The summed E-state index contributed by atoms with van der Waals surface area (Å²) < 4.78 is 5.08. The third kappa shape index (κ3) is 3.06. The third-order valence-electron chi connectivity index (χ3n) is 4.52. The molecule has 0 spiro atoms. The van der Waals surface area contributed by atoms with Crippen molar-refractivity contribution in [3.63, 3.8) is 0 Å². The first-order valence-electron chi connectivity index (χ1n) is 7.72. The molecule has 0 radical (unpaired) electrons. The lowest BCUT2D eigenvalue weighted by Crippen LogP contribution is -2.37. The van der Waals surface area contributed by atoms with Gasteiger partial charge < -0.3 is 14.5 Å². The lowest BCUT2D eigenvalue weighted by Gasteiger charge is -2.25. The van der Waals surface area contributed by atoms with Crippen LogP contribution in [-0.4, -0.2) is 54.0 Å². The van der Waals surface area contributed by atoms with E-state index in [1.165, 1.54) is 19.2 Å². The van der Waals surface area contributed by atoms with Crippen molar-refractivity contribution in [2.45, 2.75) is 25.3 Å². The number of carbonyl (C=O) groups excluding carboxylic acids is 1. The Labute approximate surface area is 134 Å². The summed E-state index contributed by atoms with van der Waals surface area (Å²) in [5.41, 5.74) is -0.0553. The molecule has 8 heteroatoms. The molecule has 2 fully saturated rings. The Morgan fingerprint density at radius 3 is 2.78 bits per heavy atom. The van der Waals surface area contributed by atoms with Gasteiger partial charge in [0.15, 0.2) is 0 Å². The lowest BCUT2D eigenvalue weighted by molar-refractivity contribution is -0.384. The van der Waals surface area contributed by atoms with E-state index >= 15 is 0 Å². The summed E-state index contributed by atoms with van der Waals surface area (Å²) in [6.07, 6.45) is 2.75. The number of likely N-dealkylation sites (N-methyl/N-ethyl adjacent to an activating group) is 1. The van der Waals surface area contributed by atoms with Crippen molar-refractivity contribution >= 4 is 17.4 Å². The van der Waals surface area contributed by atoms with Crippen LogP contribution < -0.4 is 9.64 Å². The van der Waals surface area contributed by atoms with Crippen molar-refractivity contribution in [2.24, 2.45) is 5.92 Å². The van der Waals surface area contributed by atoms with Crippen molar-refractivity contribution in [2.75, 3.05) is 32.1 Å². The zero-order chi connectivity index (χ0) is 16.6. The van der Waals surface area contributed by atoms with Gasteiger partial charge in [0.1, 0.15) is 0 Å². The van der Waals surface area contributed by atoms with Crippen LogP contribution in [0.4, 0.5) is 11.5 Å². The first kappa shape index (κ1) is 15.5. The molecule has 1 atom stereocenters. The summed E-state index contributed by atoms with van der Waals surface area (Å²) in [4.78, 5) is 30.8. The summed E-state index contributed by atoms with van der Waals surface area (Å²) >= 11 is 0. The summed E-state index contributed by atoms with van der Waals surface area (Å²) in [6, 6.07) is 2.91. The van der Waals surface area contributed by atoms with E-state index in [9.17, 15) is 14.9 Å². The standard InChI is InChI=1S/C15H20N4O4/c1-17(11-7-8-18(9-11)15(20)10-3-4-10)14-12(19(21)22)5-6-13(16-14)23-2/h5-6,10-11H,3-4,7-9H2,1-2H3. The van der Waals surface area contributed by atoms with Gasteiger partial charge in [0.25, 0.3) is 0 Å². The Kier molecular flexibility index (Phi) is 4.06. The van der Waals surface area contributed by atoms with Gasteiger partial charge in [-0.3, -0.25) is 14.9 Å². The van der Waals surface area contributed by atoms with Gasteiger partial charge >= 0.3 is 5.69 Å². The molecule has 23 heavy (non-hydrogen) atoms. The van der Waals surface area contributed by atoms with E-state index in [4.69, 9.17) is 4.74 Å². The molecule has 1 aromatic heterocycles. The van der Waals surface area contributed by atoms with E-state index < -0.39 is 4.92 Å². The zero-order valence-corrected chi connectivity index (χ0v) is 13.3. The monoisotopic (exact) mass is 320 g/mol. The van der Waals surface area contributed by atoms with E-state index in [1.807, 2.05) is 4.90 Å². The fourth-order valence-electron chi connectivity index (χ4n) is 2.96. The predicted octanol–water partition coefficient (Wildman–Crippen LogP) is 1.45. The molecule has 124 valence electrons. The van der Waals surface area contributed by atoms with E-state index in [1.54, 1.807) is 11.9 Å². The first-order valence-corrected chi connectivity index (χ1v) is 7.72. The average Bonchev–Trinajstić information content (AvgIpc) is 3.29. The second-order valence-electron chi connectivity index (χ2n) is 6.07. The number of hydrogen-bond donors (Lipinski definition) is 0. The third-order valence-corrected chi connectivity index (χ3v) is 4.52. The highest BCUT2D eigenvalue weighted by Crippen LogP contribution is 2.34. The molecule has 1 amide bonds. The second kappa shape index (κ2) is 6.02. The minimum absolute atomic E-state index is 0.0241. The molecule has 2 heterocycles. The maximum Gasteiger partial charge on any atom is 0.311 e. The number of pyridine rings is 1. The van der Waals surface area contributed by atoms with Crippen molar-refractivity contribution in [3.05, 3.63) is 22.2 Å². The largest absolute Gasteiger partial charge is 0.481 e. The van der Waals surface area contributed by atoms with E-state index in [0.717, 1.165) is 19.3 Å². The Balaban J connectivity index is 1.78. The summed E-state index contributed by atoms with van der Waals surface area (Å²) in [5.74, 6) is 1.03. The van der Waals surface area contributed by atoms with Crippen LogP contribution in [0, 0.1) is 16.0 Å². The molecule has 2 aliphatic rings. The number of carbonyl (C=O) groups is 1. The van der Waals surface area contributed by atoms with Gasteiger partial charge in [-0.25, -0.2) is 0 Å². The van der Waals surface area contributed by atoms with Crippen molar-refractivity contribution in [1.82, 2.24) is 9.88 Å². The maximum absolute atomic E-state index is 12.2. The van der Waals surface area contributed by atoms with Crippen molar-refractivity contribution < 1.29 is 14.5 Å². The summed E-state index contributed by atoms with van der Waals surface area (Å²) in [5, 5.41) is 11.2. The number of amides is 1. The van der Waals surface area contributed by atoms with E-state index in [0.29, 0.717) is 19.0 Å². The van der Waals surface area contributed by atoms with Crippen LogP contribution in [0.1, 0.15) is 19.3 Å². The van der Waals surface area contributed by atoms with Crippen LogP contribution in [0.25, 0.3) is 0 Å². The smallest absolute Gasteiger partial charge is 0.311 e. The number of nitro groups is 1. The maximum atomic E-state index is 12.2. The van der Waals surface area contributed by atoms with Crippen LogP contribution >= 0.6 is 0 Å². The topological polar surface area (TPSA) is 88.8 Å². The molecule has 1 aromatic rings. The Morgan fingerprint density at radius 2 is 2.17 bits per heavy atom. The molecule has 1 aliphatic heterocycles. The SMILES string of the molecule is COc1ccc([N+](=O)[O-])c(N(C)C2CCN(C(=O)C3CC3)C2)n1. The number of rotatable bonds is 5. The molecule has 1 aliphatic carbocycles. The number of aromatic nitrogens is 1. The molecule has 3 rings (SSSR count). The second-order valence-corrected chi connectivity index (χ2v) is 6.07. The highest BCUT2D eigenvalue weighted by Gasteiger charge is 2.38.